The molecule has 312 valence electrons. The van der Waals surface area contributed by atoms with Crippen molar-refractivity contribution >= 4 is 41.6 Å². The number of aliphatic hydroxyl groups is 1. The Kier molecular flexibility index (Phi) is 16.8. The van der Waals surface area contributed by atoms with E-state index in [-0.39, 0.29) is 43.9 Å². The molecule has 3 rings (SSSR count). The molecule has 0 aromatic heterocycles. The molecule has 17 heteroatoms. The maximum Gasteiger partial charge on any atom is 0.408 e. The summed E-state index contributed by atoms with van der Waals surface area (Å²) in [5, 5.41) is 41.7. The van der Waals surface area contributed by atoms with Gasteiger partial charge in [0.15, 0.2) is 6.04 Å². The zero-order chi connectivity index (χ0) is 42.4. The number of carbonyl (C=O) groups excluding carboxylic acids is 6. The lowest BCUT2D eigenvalue weighted by atomic mass is 10.0. The van der Waals surface area contributed by atoms with Gasteiger partial charge in [0.25, 0.3) is 0 Å². The molecule has 1 aliphatic rings. The number of hydrogen-bond acceptors (Lipinski definition) is 10. The summed E-state index contributed by atoms with van der Waals surface area (Å²) in [7, 11) is 0. The number of carbonyl (C=O) groups is 7. The summed E-state index contributed by atoms with van der Waals surface area (Å²) in [6.07, 6.45) is -1.33. The Labute approximate surface area is 332 Å². The Hall–Kier alpha value is -5.71. The van der Waals surface area contributed by atoms with Crippen LogP contribution in [0.3, 0.4) is 0 Å². The van der Waals surface area contributed by atoms with E-state index < -0.39 is 90.1 Å². The number of nitrogens with zero attached hydrogens (tertiary/aromatic N) is 1. The lowest BCUT2D eigenvalue weighted by Crippen LogP contribution is -2.58. The Morgan fingerprint density at radius 3 is 1.98 bits per heavy atom. The molecule has 0 unspecified atom stereocenters. The lowest BCUT2D eigenvalue weighted by Gasteiger charge is -2.29. The predicted molar refractivity (Wildman–Crippen MR) is 207 cm³/mol. The molecule has 1 fully saturated rings. The number of benzene rings is 2. The van der Waals surface area contributed by atoms with E-state index in [0.29, 0.717) is 17.5 Å². The summed E-state index contributed by atoms with van der Waals surface area (Å²) in [5.41, 5.74) is 0.463. The van der Waals surface area contributed by atoms with Crippen molar-refractivity contribution in [1.29, 1.82) is 0 Å². The van der Waals surface area contributed by atoms with Gasteiger partial charge >= 0.3 is 12.1 Å². The fourth-order valence-electron chi connectivity index (χ4n) is 6.23. The second-order valence-corrected chi connectivity index (χ2v) is 15.5. The summed E-state index contributed by atoms with van der Waals surface area (Å²) in [6.45, 7) is 9.49. The van der Waals surface area contributed by atoms with Gasteiger partial charge in [0.2, 0.25) is 29.5 Å². The molecule has 0 bridgehead atoms. The van der Waals surface area contributed by atoms with Gasteiger partial charge in [0.1, 0.15) is 35.5 Å². The first-order valence-electron chi connectivity index (χ1n) is 18.9. The standard InChI is InChI=1S/C40H56N6O11/c1-23(2)19-28(35(51)45-33(24(3)47)38(54)55)43-34(50)29(20-25-11-8-7-9-12-25)42-32(49)22-41-36(52)31-13-10-18-46(31)37(53)30(44-39(56)57-40(4,5)6)21-26-14-16-27(48)17-15-26/h7-9,11-12,14-17,23-24,28-31,33,47-48H,10,13,18-22H2,1-6H3,(H,41,52)(H,42,49)(H,43,50)(H,44,56)(H,45,51)(H,54,55)/t24-,28+,29+,30+,31+,33-/m1/s1. The third kappa shape index (κ3) is 15.0. The average Bonchev–Trinajstić information content (AvgIpc) is 3.62. The number of ether oxygens (including phenoxy) is 1. The minimum absolute atomic E-state index is 0.00573. The highest BCUT2D eigenvalue weighted by molar-refractivity contribution is 5.96. The maximum absolute atomic E-state index is 13.9. The van der Waals surface area contributed by atoms with E-state index in [4.69, 9.17) is 4.74 Å². The molecule has 17 nitrogen and oxygen atoms in total. The number of amides is 6. The van der Waals surface area contributed by atoms with Crippen molar-refractivity contribution < 1.29 is 53.6 Å². The summed E-state index contributed by atoms with van der Waals surface area (Å²) < 4.78 is 5.38. The smallest absolute Gasteiger partial charge is 0.408 e. The van der Waals surface area contributed by atoms with Gasteiger partial charge in [-0.05, 0) is 76.1 Å². The van der Waals surface area contributed by atoms with Crippen molar-refractivity contribution in [2.24, 2.45) is 5.92 Å². The molecule has 1 saturated heterocycles. The summed E-state index contributed by atoms with van der Waals surface area (Å²) in [6, 6.07) is 8.72. The zero-order valence-corrected chi connectivity index (χ0v) is 33.2. The van der Waals surface area contributed by atoms with E-state index in [0.717, 1.165) is 0 Å². The highest BCUT2D eigenvalue weighted by atomic mass is 16.6. The minimum Gasteiger partial charge on any atom is -0.508 e. The highest BCUT2D eigenvalue weighted by Gasteiger charge is 2.39. The largest absolute Gasteiger partial charge is 0.508 e. The van der Waals surface area contributed by atoms with Crippen LogP contribution in [0.5, 0.6) is 5.75 Å². The van der Waals surface area contributed by atoms with Crippen molar-refractivity contribution in [1.82, 2.24) is 31.5 Å². The molecule has 0 radical (unpaired) electrons. The van der Waals surface area contributed by atoms with Gasteiger partial charge in [0.05, 0.1) is 12.6 Å². The number of aliphatic carboxylic acids is 1. The number of phenols is 1. The van der Waals surface area contributed by atoms with Crippen LogP contribution in [0.2, 0.25) is 0 Å². The van der Waals surface area contributed by atoms with E-state index >= 15 is 0 Å². The second kappa shape index (κ2) is 21.0. The number of carboxylic acid groups (broad SMARTS) is 1. The van der Waals surface area contributed by atoms with Crippen molar-refractivity contribution in [3.05, 3.63) is 65.7 Å². The third-order valence-corrected chi connectivity index (χ3v) is 8.95. The van der Waals surface area contributed by atoms with E-state index in [1.165, 1.54) is 24.0 Å². The Bertz CT molecular complexity index is 1710. The van der Waals surface area contributed by atoms with Crippen LogP contribution in [0, 0.1) is 5.92 Å². The predicted octanol–water partition coefficient (Wildman–Crippen LogP) is 1.14. The van der Waals surface area contributed by atoms with Gasteiger partial charge in [-0.1, -0.05) is 56.3 Å². The quantitative estimate of drug-likeness (QED) is 0.106. The maximum atomic E-state index is 13.9. The first-order chi connectivity index (χ1) is 26.7. The molecule has 6 amide bonds. The number of carboxylic acids is 1. The molecule has 2 aromatic rings. The fraction of sp³-hybridized carbons (Fsp3) is 0.525. The summed E-state index contributed by atoms with van der Waals surface area (Å²) in [4.78, 5) is 93.3. The normalized spacial score (nSPS) is 16.6. The molecular formula is C40H56N6O11. The van der Waals surface area contributed by atoms with Gasteiger partial charge in [-0.15, -0.1) is 0 Å². The van der Waals surface area contributed by atoms with Crippen LogP contribution in [0.25, 0.3) is 0 Å². The zero-order valence-electron chi connectivity index (χ0n) is 33.2. The number of aromatic hydroxyl groups is 1. The first-order valence-corrected chi connectivity index (χ1v) is 18.9. The second-order valence-electron chi connectivity index (χ2n) is 15.5. The van der Waals surface area contributed by atoms with Crippen LogP contribution >= 0.6 is 0 Å². The molecule has 0 aliphatic carbocycles. The topological polar surface area (TPSA) is 253 Å². The molecule has 0 spiro atoms. The average molecular weight is 797 g/mol. The minimum atomic E-state index is -1.62. The Morgan fingerprint density at radius 1 is 0.807 bits per heavy atom. The Morgan fingerprint density at radius 2 is 1.40 bits per heavy atom. The highest BCUT2D eigenvalue weighted by Crippen LogP contribution is 2.21. The van der Waals surface area contributed by atoms with Crippen molar-refractivity contribution in [2.45, 2.75) is 116 Å². The van der Waals surface area contributed by atoms with E-state index in [1.54, 1.807) is 77.1 Å². The van der Waals surface area contributed by atoms with Crippen LogP contribution in [0.1, 0.15) is 71.9 Å². The van der Waals surface area contributed by atoms with Gasteiger partial charge in [-0.3, -0.25) is 24.0 Å². The van der Waals surface area contributed by atoms with Crippen LogP contribution in [0.15, 0.2) is 54.6 Å². The molecular weight excluding hydrogens is 740 g/mol. The molecule has 1 aliphatic heterocycles. The first kappa shape index (κ1) is 45.7. The van der Waals surface area contributed by atoms with Crippen molar-refractivity contribution in [2.75, 3.05) is 13.1 Å². The molecule has 1 heterocycles. The van der Waals surface area contributed by atoms with Crippen LogP contribution in [-0.4, -0.2) is 117 Å². The molecule has 2 aromatic carbocycles. The molecule has 6 atom stereocenters. The lowest BCUT2D eigenvalue weighted by molar-refractivity contribution is -0.145. The SMILES string of the molecule is CC(C)C[C@H](NC(=O)[C@H](Cc1ccccc1)NC(=O)CNC(=O)[C@@H]1CCCN1C(=O)[C@H](Cc1ccc(O)cc1)NC(=O)OC(C)(C)C)C(=O)N[C@@H](C(=O)O)[C@@H](C)O. The Balaban J connectivity index is 1.73. The third-order valence-electron chi connectivity index (χ3n) is 8.95. The molecule has 57 heavy (non-hydrogen) atoms. The van der Waals surface area contributed by atoms with Gasteiger partial charge in [0, 0.05) is 19.4 Å². The number of nitrogens with one attached hydrogen (secondary N) is 5. The fourth-order valence-corrected chi connectivity index (χ4v) is 6.23. The van der Waals surface area contributed by atoms with E-state index in [9.17, 15) is 48.9 Å². The number of aliphatic hydroxyl groups excluding tert-OH is 1. The summed E-state index contributed by atoms with van der Waals surface area (Å²) >= 11 is 0. The molecule has 0 saturated carbocycles. The number of alkyl carbamates (subject to hydrolysis) is 1. The van der Waals surface area contributed by atoms with Crippen LogP contribution < -0.4 is 26.6 Å². The van der Waals surface area contributed by atoms with Crippen LogP contribution in [-0.2, 0) is 46.3 Å². The van der Waals surface area contributed by atoms with Gasteiger partial charge in [-0.2, -0.15) is 0 Å². The summed E-state index contributed by atoms with van der Waals surface area (Å²) in [5.74, 6) is -5.03. The monoisotopic (exact) mass is 796 g/mol. The van der Waals surface area contributed by atoms with Crippen molar-refractivity contribution in [3.8, 4) is 5.75 Å². The van der Waals surface area contributed by atoms with E-state index in [2.05, 4.69) is 26.6 Å². The number of phenolic OH excluding ortho intramolecular Hbond substituents is 1. The van der Waals surface area contributed by atoms with E-state index in [1.807, 2.05) is 0 Å². The van der Waals surface area contributed by atoms with Gasteiger partial charge in [-0.25, -0.2) is 9.59 Å². The number of rotatable bonds is 18. The van der Waals surface area contributed by atoms with Crippen molar-refractivity contribution in [3.63, 3.8) is 0 Å². The van der Waals surface area contributed by atoms with Crippen LogP contribution in [0.4, 0.5) is 4.79 Å². The number of hydrogen-bond donors (Lipinski definition) is 8. The van der Waals surface area contributed by atoms with Gasteiger partial charge < -0.3 is 51.5 Å². The molecule has 8 N–H and O–H groups in total. The number of likely N-dealkylation sites (tertiary alicyclic amines) is 1.